The first-order valence-corrected chi connectivity index (χ1v) is 4.40. The van der Waals surface area contributed by atoms with Crippen LogP contribution in [0.1, 0.15) is 5.56 Å². The topological polar surface area (TPSA) is 41.6 Å². The van der Waals surface area contributed by atoms with E-state index in [1.165, 1.54) is 11.3 Å². The molecule has 0 unspecified atom stereocenters. The van der Waals surface area contributed by atoms with E-state index in [0.29, 0.717) is 5.96 Å². The molecule has 1 aromatic carbocycles. The van der Waals surface area contributed by atoms with Gasteiger partial charge < -0.3 is 10.6 Å². The third kappa shape index (κ3) is 1.26. The summed E-state index contributed by atoms with van der Waals surface area (Å²) in [6, 6.07) is 8.31. The quantitative estimate of drug-likeness (QED) is 0.472. The Kier molecular flexibility index (Phi) is 1.93. The summed E-state index contributed by atoms with van der Waals surface area (Å²) in [7, 11) is 1.72. The van der Waals surface area contributed by atoms with Gasteiger partial charge in [-0.2, -0.15) is 0 Å². The summed E-state index contributed by atoms with van der Waals surface area (Å²) in [5.41, 5.74) is 8.32. The SMILES string of the molecule is CN=C(N)N1CCc2ccccc21. The first-order valence-electron chi connectivity index (χ1n) is 4.40. The number of fused-ring (bicyclic) bond motifs is 1. The lowest BCUT2D eigenvalue weighted by Gasteiger charge is -2.17. The van der Waals surface area contributed by atoms with E-state index in [2.05, 4.69) is 28.1 Å². The van der Waals surface area contributed by atoms with Crippen molar-refractivity contribution in [2.75, 3.05) is 18.5 Å². The predicted octanol–water partition coefficient (Wildman–Crippen LogP) is 0.994. The minimum absolute atomic E-state index is 0.602. The third-order valence-electron chi connectivity index (χ3n) is 2.39. The average molecular weight is 175 g/mol. The standard InChI is InChI=1S/C10H13N3/c1-12-10(11)13-7-6-8-4-2-3-5-9(8)13/h2-5H,6-7H2,1H3,(H2,11,12). The Morgan fingerprint density at radius 3 is 3.00 bits per heavy atom. The van der Waals surface area contributed by atoms with Gasteiger partial charge in [0.25, 0.3) is 0 Å². The zero-order chi connectivity index (χ0) is 9.26. The minimum Gasteiger partial charge on any atom is -0.370 e. The van der Waals surface area contributed by atoms with Crippen LogP contribution in [0.25, 0.3) is 0 Å². The third-order valence-corrected chi connectivity index (χ3v) is 2.39. The molecule has 0 amide bonds. The van der Waals surface area contributed by atoms with Gasteiger partial charge in [0.15, 0.2) is 5.96 Å². The molecule has 3 heteroatoms. The second-order valence-electron chi connectivity index (χ2n) is 3.11. The van der Waals surface area contributed by atoms with E-state index < -0.39 is 0 Å². The molecule has 3 nitrogen and oxygen atoms in total. The van der Waals surface area contributed by atoms with Crippen molar-refractivity contribution in [1.29, 1.82) is 0 Å². The van der Waals surface area contributed by atoms with Crippen molar-refractivity contribution < 1.29 is 0 Å². The molecule has 0 fully saturated rings. The van der Waals surface area contributed by atoms with Gasteiger partial charge in [-0.3, -0.25) is 4.99 Å². The van der Waals surface area contributed by atoms with Crippen LogP contribution in [0.2, 0.25) is 0 Å². The molecule has 2 N–H and O–H groups in total. The number of anilines is 1. The molecule has 0 aliphatic carbocycles. The molecule has 2 rings (SSSR count). The highest BCUT2D eigenvalue weighted by atomic mass is 15.3. The molecule has 0 saturated heterocycles. The van der Waals surface area contributed by atoms with Crippen LogP contribution in [0.5, 0.6) is 0 Å². The second-order valence-corrected chi connectivity index (χ2v) is 3.11. The maximum absolute atomic E-state index is 5.77. The average Bonchev–Trinajstić information content (AvgIpc) is 2.60. The van der Waals surface area contributed by atoms with Crippen molar-refractivity contribution in [1.82, 2.24) is 0 Å². The number of nitrogens with zero attached hydrogens (tertiary/aromatic N) is 2. The lowest BCUT2D eigenvalue weighted by atomic mass is 10.2. The molecular formula is C10H13N3. The van der Waals surface area contributed by atoms with Gasteiger partial charge in [-0.25, -0.2) is 0 Å². The zero-order valence-corrected chi connectivity index (χ0v) is 7.70. The largest absolute Gasteiger partial charge is 0.370 e. The zero-order valence-electron chi connectivity index (χ0n) is 7.70. The summed E-state index contributed by atoms with van der Waals surface area (Å²) in [5.74, 6) is 0.602. The Labute approximate surface area is 77.9 Å². The number of nitrogens with two attached hydrogens (primary N) is 1. The van der Waals surface area contributed by atoms with Crippen molar-refractivity contribution in [3.63, 3.8) is 0 Å². The summed E-state index contributed by atoms with van der Waals surface area (Å²) >= 11 is 0. The molecule has 0 spiro atoms. The van der Waals surface area contributed by atoms with Crippen LogP contribution < -0.4 is 10.6 Å². The van der Waals surface area contributed by atoms with Crippen molar-refractivity contribution >= 4 is 11.6 Å². The lowest BCUT2D eigenvalue weighted by Crippen LogP contribution is -2.35. The van der Waals surface area contributed by atoms with Gasteiger partial charge >= 0.3 is 0 Å². The highest BCUT2D eigenvalue weighted by molar-refractivity contribution is 5.96. The monoisotopic (exact) mass is 175 g/mol. The summed E-state index contributed by atoms with van der Waals surface area (Å²) in [6.07, 6.45) is 1.06. The maximum Gasteiger partial charge on any atom is 0.195 e. The Morgan fingerprint density at radius 1 is 1.46 bits per heavy atom. The van der Waals surface area contributed by atoms with E-state index in [1.807, 2.05) is 6.07 Å². The van der Waals surface area contributed by atoms with Crippen molar-refractivity contribution in [3.05, 3.63) is 29.8 Å². The highest BCUT2D eigenvalue weighted by Crippen LogP contribution is 2.26. The fourth-order valence-electron chi connectivity index (χ4n) is 1.70. The van der Waals surface area contributed by atoms with Gasteiger partial charge in [0.2, 0.25) is 0 Å². The number of para-hydroxylation sites is 1. The van der Waals surface area contributed by atoms with Crippen LogP contribution in [0.15, 0.2) is 29.3 Å². The first kappa shape index (κ1) is 8.10. The fraction of sp³-hybridized carbons (Fsp3) is 0.300. The Hall–Kier alpha value is -1.51. The molecule has 0 aromatic heterocycles. The summed E-state index contributed by atoms with van der Waals surface area (Å²) in [6.45, 7) is 0.947. The van der Waals surface area contributed by atoms with Gasteiger partial charge in [0.05, 0.1) is 0 Å². The van der Waals surface area contributed by atoms with Gasteiger partial charge in [-0.05, 0) is 18.1 Å². The molecule has 1 heterocycles. The van der Waals surface area contributed by atoms with Crippen molar-refractivity contribution in [2.24, 2.45) is 10.7 Å². The van der Waals surface area contributed by atoms with Crippen LogP contribution in [0.4, 0.5) is 5.69 Å². The van der Waals surface area contributed by atoms with E-state index in [-0.39, 0.29) is 0 Å². The molecule has 1 aliphatic rings. The maximum atomic E-state index is 5.77. The van der Waals surface area contributed by atoms with Gasteiger partial charge in [-0.15, -0.1) is 0 Å². The van der Waals surface area contributed by atoms with Crippen LogP contribution in [-0.2, 0) is 6.42 Å². The van der Waals surface area contributed by atoms with Gasteiger partial charge in [0, 0.05) is 19.3 Å². The molecule has 0 bridgehead atoms. The molecule has 13 heavy (non-hydrogen) atoms. The molecule has 0 radical (unpaired) electrons. The number of aliphatic imine (C=N–C) groups is 1. The van der Waals surface area contributed by atoms with E-state index >= 15 is 0 Å². The molecule has 0 saturated carbocycles. The number of benzene rings is 1. The molecule has 1 aliphatic heterocycles. The lowest BCUT2D eigenvalue weighted by molar-refractivity contribution is 1.01. The minimum atomic E-state index is 0.602. The summed E-state index contributed by atoms with van der Waals surface area (Å²) in [5, 5.41) is 0. The molecular weight excluding hydrogens is 162 g/mol. The fourth-order valence-corrected chi connectivity index (χ4v) is 1.70. The Balaban J connectivity index is 2.39. The molecule has 0 atom stereocenters. The smallest absolute Gasteiger partial charge is 0.195 e. The van der Waals surface area contributed by atoms with E-state index in [9.17, 15) is 0 Å². The van der Waals surface area contributed by atoms with Crippen molar-refractivity contribution in [2.45, 2.75) is 6.42 Å². The van der Waals surface area contributed by atoms with E-state index in [1.54, 1.807) is 7.05 Å². The van der Waals surface area contributed by atoms with Crippen LogP contribution in [0, 0.1) is 0 Å². The number of hydrogen-bond acceptors (Lipinski definition) is 1. The normalized spacial score (nSPS) is 16.1. The highest BCUT2D eigenvalue weighted by Gasteiger charge is 2.20. The Bertz CT molecular complexity index is 344. The first-order chi connectivity index (χ1) is 6.33. The van der Waals surface area contributed by atoms with Gasteiger partial charge in [-0.1, -0.05) is 18.2 Å². The predicted molar refractivity (Wildman–Crippen MR) is 55.0 cm³/mol. The van der Waals surface area contributed by atoms with Crippen LogP contribution in [0.3, 0.4) is 0 Å². The van der Waals surface area contributed by atoms with E-state index in [4.69, 9.17) is 5.73 Å². The summed E-state index contributed by atoms with van der Waals surface area (Å²) in [4.78, 5) is 6.04. The second kappa shape index (κ2) is 3.09. The number of hydrogen-bond donors (Lipinski definition) is 1. The molecule has 68 valence electrons. The summed E-state index contributed by atoms with van der Waals surface area (Å²) < 4.78 is 0. The van der Waals surface area contributed by atoms with E-state index in [0.717, 1.165) is 13.0 Å². The Morgan fingerprint density at radius 2 is 2.23 bits per heavy atom. The van der Waals surface area contributed by atoms with Gasteiger partial charge in [0.1, 0.15) is 0 Å². The van der Waals surface area contributed by atoms with Crippen LogP contribution >= 0.6 is 0 Å². The number of rotatable bonds is 0. The molecule has 1 aromatic rings. The van der Waals surface area contributed by atoms with Crippen LogP contribution in [-0.4, -0.2) is 19.6 Å². The van der Waals surface area contributed by atoms with Crippen molar-refractivity contribution in [3.8, 4) is 0 Å². The number of guanidine groups is 1.